The average Bonchev–Trinajstić information content (AvgIpc) is 3.18. The summed E-state index contributed by atoms with van der Waals surface area (Å²) in [5.41, 5.74) is 0.969. The van der Waals surface area contributed by atoms with E-state index in [9.17, 15) is 9.18 Å². The molecule has 4 aromatic rings. The van der Waals surface area contributed by atoms with E-state index in [0.717, 1.165) is 0 Å². The summed E-state index contributed by atoms with van der Waals surface area (Å²) in [4.78, 5) is 21.7. The molecule has 0 spiro atoms. The van der Waals surface area contributed by atoms with Crippen molar-refractivity contribution < 1.29 is 8.91 Å². The van der Waals surface area contributed by atoms with Crippen LogP contribution in [0.15, 0.2) is 69.6 Å². The van der Waals surface area contributed by atoms with E-state index in [0.29, 0.717) is 50.7 Å². The molecule has 29 heavy (non-hydrogen) atoms. The van der Waals surface area contributed by atoms with Crippen LogP contribution in [0.4, 0.5) is 4.39 Å². The van der Waals surface area contributed by atoms with Crippen LogP contribution in [0.5, 0.6) is 0 Å². The molecule has 4 rings (SSSR count). The number of fused-ring (bicyclic) bond motifs is 1. The monoisotopic (exact) mass is 428 g/mol. The second-order valence-electron chi connectivity index (χ2n) is 6.07. The van der Waals surface area contributed by atoms with E-state index < -0.39 is 0 Å². The molecular formula is C20H14ClFN4O2S. The lowest BCUT2D eigenvalue weighted by Crippen LogP contribution is -2.22. The van der Waals surface area contributed by atoms with Crippen molar-refractivity contribution in [2.75, 3.05) is 0 Å². The van der Waals surface area contributed by atoms with Crippen molar-refractivity contribution in [2.24, 2.45) is 0 Å². The molecule has 0 aliphatic heterocycles. The molecule has 0 bridgehead atoms. The minimum atomic E-state index is -0.341. The molecule has 0 atom stereocenters. The second-order valence-corrected chi connectivity index (χ2v) is 7.45. The van der Waals surface area contributed by atoms with Gasteiger partial charge in [0.1, 0.15) is 5.82 Å². The van der Waals surface area contributed by atoms with Gasteiger partial charge in [0, 0.05) is 17.1 Å². The summed E-state index contributed by atoms with van der Waals surface area (Å²) < 4.78 is 19.8. The maximum Gasteiger partial charge on any atom is 0.262 e. The lowest BCUT2D eigenvalue weighted by molar-refractivity contribution is 0.425. The predicted octanol–water partition coefficient (Wildman–Crippen LogP) is 4.72. The summed E-state index contributed by atoms with van der Waals surface area (Å²) in [6, 6.07) is 10.8. The van der Waals surface area contributed by atoms with Crippen molar-refractivity contribution in [1.29, 1.82) is 0 Å². The van der Waals surface area contributed by atoms with Crippen LogP contribution < -0.4 is 5.56 Å². The third-order valence-corrected chi connectivity index (χ3v) is 5.29. The van der Waals surface area contributed by atoms with Crippen LogP contribution in [0.1, 0.15) is 5.82 Å². The first-order valence-corrected chi connectivity index (χ1v) is 9.94. The molecule has 0 radical (unpaired) electrons. The van der Waals surface area contributed by atoms with E-state index >= 15 is 0 Å². The van der Waals surface area contributed by atoms with Gasteiger partial charge >= 0.3 is 0 Å². The van der Waals surface area contributed by atoms with Gasteiger partial charge in [-0.25, -0.2) is 9.37 Å². The Kier molecular flexibility index (Phi) is 5.46. The lowest BCUT2D eigenvalue weighted by Gasteiger charge is -2.10. The number of aromatic nitrogens is 4. The first-order chi connectivity index (χ1) is 14.0. The minimum absolute atomic E-state index is 0.172. The van der Waals surface area contributed by atoms with E-state index in [1.165, 1.54) is 28.5 Å². The number of benzene rings is 2. The van der Waals surface area contributed by atoms with Crippen LogP contribution in [-0.4, -0.2) is 19.7 Å². The highest BCUT2D eigenvalue weighted by Crippen LogP contribution is 2.24. The molecule has 0 saturated heterocycles. The van der Waals surface area contributed by atoms with Gasteiger partial charge in [-0.1, -0.05) is 34.6 Å². The Morgan fingerprint density at radius 2 is 2.00 bits per heavy atom. The molecule has 9 heteroatoms. The van der Waals surface area contributed by atoms with Gasteiger partial charge in [-0.05, 0) is 42.5 Å². The zero-order valence-electron chi connectivity index (χ0n) is 15.0. The summed E-state index contributed by atoms with van der Waals surface area (Å²) in [5.74, 6) is 0.717. The smallest absolute Gasteiger partial charge is 0.262 e. The maximum absolute atomic E-state index is 13.1. The molecule has 2 heterocycles. The molecule has 0 amide bonds. The highest BCUT2D eigenvalue weighted by Gasteiger charge is 2.14. The quantitative estimate of drug-likeness (QED) is 0.251. The maximum atomic E-state index is 13.1. The summed E-state index contributed by atoms with van der Waals surface area (Å²) in [6.45, 7) is 4.03. The highest BCUT2D eigenvalue weighted by atomic mass is 35.5. The summed E-state index contributed by atoms with van der Waals surface area (Å²) in [6.07, 6.45) is 1.63. The zero-order chi connectivity index (χ0) is 20.4. The van der Waals surface area contributed by atoms with E-state index in [-0.39, 0.29) is 11.4 Å². The number of allylic oxidation sites excluding steroid dienone is 1. The average molecular weight is 429 g/mol. The standard InChI is InChI=1S/C20H14ClFN4O2S/c1-2-9-26-19(27)15-8-5-13(21)10-16(15)23-20(26)29-11-17-24-18(28-25-17)12-3-6-14(22)7-4-12/h2-8,10H,1,9,11H2. The Balaban J connectivity index is 1.62. The molecule has 2 aromatic carbocycles. The van der Waals surface area contributed by atoms with Crippen LogP contribution in [-0.2, 0) is 12.3 Å². The third-order valence-electron chi connectivity index (χ3n) is 4.08. The number of halogens is 2. The van der Waals surface area contributed by atoms with Gasteiger partial charge in [-0.15, -0.1) is 6.58 Å². The first-order valence-electron chi connectivity index (χ1n) is 8.57. The van der Waals surface area contributed by atoms with Crippen molar-refractivity contribution in [1.82, 2.24) is 19.7 Å². The number of hydrogen-bond donors (Lipinski definition) is 0. The van der Waals surface area contributed by atoms with Crippen LogP contribution in [0, 0.1) is 5.82 Å². The Morgan fingerprint density at radius 1 is 1.21 bits per heavy atom. The Labute approximate surface area is 174 Å². The second kappa shape index (κ2) is 8.18. The molecular weight excluding hydrogens is 415 g/mol. The van der Waals surface area contributed by atoms with Gasteiger partial charge in [0.2, 0.25) is 0 Å². The predicted molar refractivity (Wildman–Crippen MR) is 110 cm³/mol. The van der Waals surface area contributed by atoms with E-state index in [2.05, 4.69) is 21.7 Å². The van der Waals surface area contributed by atoms with Crippen molar-refractivity contribution >= 4 is 34.3 Å². The SMILES string of the molecule is C=CCn1c(SCc2noc(-c3ccc(F)cc3)n2)nc2cc(Cl)ccc2c1=O. The molecule has 0 fully saturated rings. The van der Waals surface area contributed by atoms with E-state index in [1.807, 2.05) is 0 Å². The number of nitrogens with zero attached hydrogens (tertiary/aromatic N) is 4. The Hall–Kier alpha value is -2.97. The summed E-state index contributed by atoms with van der Waals surface area (Å²) >= 11 is 7.34. The molecule has 0 saturated carbocycles. The van der Waals surface area contributed by atoms with Crippen LogP contribution in [0.3, 0.4) is 0 Å². The van der Waals surface area contributed by atoms with Crippen molar-refractivity contribution in [3.05, 3.63) is 82.1 Å². The van der Waals surface area contributed by atoms with Gasteiger partial charge in [-0.3, -0.25) is 9.36 Å². The molecule has 0 N–H and O–H groups in total. The van der Waals surface area contributed by atoms with Crippen LogP contribution in [0.2, 0.25) is 5.02 Å². The number of hydrogen-bond acceptors (Lipinski definition) is 6. The minimum Gasteiger partial charge on any atom is -0.334 e. The topological polar surface area (TPSA) is 73.8 Å². The highest BCUT2D eigenvalue weighted by molar-refractivity contribution is 7.98. The first kappa shape index (κ1) is 19.4. The fraction of sp³-hybridized carbons (Fsp3) is 0.100. The fourth-order valence-electron chi connectivity index (χ4n) is 2.73. The zero-order valence-corrected chi connectivity index (χ0v) is 16.6. The summed E-state index contributed by atoms with van der Waals surface area (Å²) in [7, 11) is 0. The van der Waals surface area contributed by atoms with Gasteiger partial charge in [0.15, 0.2) is 11.0 Å². The van der Waals surface area contributed by atoms with Crippen molar-refractivity contribution in [3.63, 3.8) is 0 Å². The molecule has 6 nitrogen and oxygen atoms in total. The molecule has 0 aliphatic carbocycles. The van der Waals surface area contributed by atoms with Crippen molar-refractivity contribution in [2.45, 2.75) is 17.5 Å². The van der Waals surface area contributed by atoms with Crippen molar-refractivity contribution in [3.8, 4) is 11.5 Å². The largest absolute Gasteiger partial charge is 0.334 e. The van der Waals surface area contributed by atoms with E-state index in [4.69, 9.17) is 16.1 Å². The molecule has 0 unspecified atom stereocenters. The Morgan fingerprint density at radius 3 is 2.76 bits per heavy atom. The molecule has 146 valence electrons. The normalized spacial score (nSPS) is 11.1. The fourth-order valence-corrected chi connectivity index (χ4v) is 3.74. The van der Waals surface area contributed by atoms with Gasteiger partial charge in [0.25, 0.3) is 11.4 Å². The van der Waals surface area contributed by atoms with Gasteiger partial charge in [-0.2, -0.15) is 4.98 Å². The molecule has 0 aliphatic rings. The van der Waals surface area contributed by atoms with Crippen LogP contribution in [0.25, 0.3) is 22.4 Å². The third kappa shape index (κ3) is 4.08. The number of thioether (sulfide) groups is 1. The number of rotatable bonds is 6. The summed E-state index contributed by atoms with van der Waals surface area (Å²) in [5, 5.41) is 5.43. The molecule has 2 aromatic heterocycles. The Bertz CT molecular complexity index is 1250. The van der Waals surface area contributed by atoms with Gasteiger partial charge < -0.3 is 4.52 Å². The van der Waals surface area contributed by atoms with E-state index in [1.54, 1.807) is 36.4 Å². The van der Waals surface area contributed by atoms with Crippen LogP contribution >= 0.6 is 23.4 Å². The lowest BCUT2D eigenvalue weighted by atomic mass is 10.2. The van der Waals surface area contributed by atoms with Gasteiger partial charge in [0.05, 0.1) is 16.7 Å².